The van der Waals surface area contributed by atoms with E-state index in [0.717, 1.165) is 64.1 Å². The number of imide groups is 1. The highest BCUT2D eigenvalue weighted by molar-refractivity contribution is 6.13. The zero-order valence-corrected chi connectivity index (χ0v) is 27.6. The number of carbonyl (C=O) groups is 2. The van der Waals surface area contributed by atoms with Crippen molar-refractivity contribution in [1.82, 2.24) is 19.7 Å². The van der Waals surface area contributed by atoms with Gasteiger partial charge in [0.15, 0.2) is 11.5 Å². The van der Waals surface area contributed by atoms with E-state index in [1.54, 1.807) is 41.5 Å². The molecular formula is C37H43N5O4. The van der Waals surface area contributed by atoms with Crippen molar-refractivity contribution in [3.63, 3.8) is 0 Å². The topological polar surface area (TPSA) is 98.9 Å². The Balaban J connectivity index is 1.27. The Morgan fingerprint density at radius 3 is 1.87 bits per heavy atom. The number of carbonyl (C=O) groups excluding carboxylic acids is 2. The smallest absolute Gasteiger partial charge is 0.419 e. The van der Waals surface area contributed by atoms with Crippen molar-refractivity contribution in [2.45, 2.75) is 90.4 Å². The van der Waals surface area contributed by atoms with Gasteiger partial charge in [0.2, 0.25) is 0 Å². The highest BCUT2D eigenvalue weighted by Gasteiger charge is 2.40. The van der Waals surface area contributed by atoms with Crippen molar-refractivity contribution in [1.29, 1.82) is 0 Å². The summed E-state index contributed by atoms with van der Waals surface area (Å²) in [5.41, 5.74) is 3.34. The van der Waals surface area contributed by atoms with Gasteiger partial charge in [0.1, 0.15) is 11.2 Å². The Morgan fingerprint density at radius 1 is 0.826 bits per heavy atom. The monoisotopic (exact) mass is 621 g/mol. The Hall–Kier alpha value is -4.53. The summed E-state index contributed by atoms with van der Waals surface area (Å²) in [6.45, 7) is 10.9. The Bertz CT molecular complexity index is 1670. The molecule has 9 nitrogen and oxygen atoms in total. The molecular weight excluding hydrogens is 578 g/mol. The predicted octanol–water partition coefficient (Wildman–Crippen LogP) is 8.60. The number of benzene rings is 2. The number of fused-ring (bicyclic) bond motifs is 1. The van der Waals surface area contributed by atoms with Gasteiger partial charge in [-0.3, -0.25) is 0 Å². The summed E-state index contributed by atoms with van der Waals surface area (Å²) >= 11 is 0. The molecule has 0 spiro atoms. The number of pyridine rings is 1. The molecule has 2 aliphatic rings. The highest BCUT2D eigenvalue weighted by Crippen LogP contribution is 2.45. The molecule has 2 aromatic carbocycles. The zero-order chi connectivity index (χ0) is 32.6. The van der Waals surface area contributed by atoms with Gasteiger partial charge in [-0.1, -0.05) is 60.7 Å². The fraction of sp³-hybridized carbons (Fsp3) is 0.432. The minimum Gasteiger partial charge on any atom is -0.443 e. The van der Waals surface area contributed by atoms with Crippen molar-refractivity contribution in [3.8, 4) is 0 Å². The second-order valence-corrected chi connectivity index (χ2v) is 14.4. The van der Waals surface area contributed by atoms with Crippen LogP contribution in [-0.2, 0) is 9.47 Å². The molecule has 0 saturated heterocycles. The first kappa shape index (κ1) is 31.5. The minimum absolute atomic E-state index is 0.0811. The second kappa shape index (κ2) is 12.3. The van der Waals surface area contributed by atoms with Crippen LogP contribution < -0.4 is 0 Å². The number of rotatable bonds is 7. The first-order valence-electron chi connectivity index (χ1n) is 16.2. The third kappa shape index (κ3) is 7.30. The standard InChI is InChI=1S/C37H43N5O4/c1-36(2,3)45-34(43)41(35(44)46-37(4,5)6)23-24-21-28(22-24)42-33-29(32(40-42)27-17-18-27)19-20-30(39-33)38-31(25-13-9-7-10-14-25)26-15-11-8-12-16-26/h7-16,19-20,24,27-28H,17-18,21-23H2,1-6H3. The van der Waals surface area contributed by atoms with Gasteiger partial charge in [-0.2, -0.15) is 5.10 Å². The summed E-state index contributed by atoms with van der Waals surface area (Å²) in [6.07, 6.45) is 2.37. The van der Waals surface area contributed by atoms with E-state index >= 15 is 0 Å². The molecule has 2 saturated carbocycles. The number of nitrogens with zero attached hydrogens (tertiary/aromatic N) is 5. The van der Waals surface area contributed by atoms with E-state index in [1.165, 1.54) is 0 Å². The van der Waals surface area contributed by atoms with Crippen LogP contribution in [-0.4, -0.2) is 55.3 Å². The van der Waals surface area contributed by atoms with Gasteiger partial charge in [0.25, 0.3) is 0 Å². The molecule has 0 atom stereocenters. The average molecular weight is 622 g/mol. The average Bonchev–Trinajstić information content (AvgIpc) is 3.75. The molecule has 6 rings (SSSR count). The normalized spacial score (nSPS) is 18.0. The quantitative estimate of drug-likeness (QED) is 0.192. The number of hydrogen-bond donors (Lipinski definition) is 0. The van der Waals surface area contributed by atoms with Gasteiger partial charge in [-0.15, -0.1) is 0 Å². The van der Waals surface area contributed by atoms with Crippen LogP contribution in [0.1, 0.15) is 96.0 Å². The number of hydrogen-bond acceptors (Lipinski definition) is 7. The summed E-state index contributed by atoms with van der Waals surface area (Å²) in [5.74, 6) is 1.16. The zero-order valence-electron chi connectivity index (χ0n) is 27.6. The Morgan fingerprint density at radius 2 is 1.37 bits per heavy atom. The van der Waals surface area contributed by atoms with Crippen LogP contribution in [0.3, 0.4) is 0 Å². The third-order valence-electron chi connectivity index (χ3n) is 8.08. The maximum absolute atomic E-state index is 13.1. The molecule has 0 bridgehead atoms. The van der Waals surface area contributed by atoms with Crippen LogP contribution in [0.4, 0.5) is 15.4 Å². The lowest BCUT2D eigenvalue weighted by molar-refractivity contribution is -0.00633. The summed E-state index contributed by atoms with van der Waals surface area (Å²) in [4.78, 5) is 37.4. The van der Waals surface area contributed by atoms with Crippen molar-refractivity contribution >= 4 is 34.7 Å². The van der Waals surface area contributed by atoms with E-state index in [0.29, 0.717) is 11.7 Å². The van der Waals surface area contributed by atoms with Gasteiger partial charge in [0, 0.05) is 29.0 Å². The summed E-state index contributed by atoms with van der Waals surface area (Å²) in [7, 11) is 0. The van der Waals surface area contributed by atoms with Gasteiger partial charge >= 0.3 is 12.2 Å². The number of aromatic nitrogens is 3. The van der Waals surface area contributed by atoms with Crippen molar-refractivity contribution in [2.24, 2.45) is 10.9 Å². The van der Waals surface area contributed by atoms with E-state index in [1.807, 2.05) is 42.5 Å². The molecule has 0 aliphatic heterocycles. The van der Waals surface area contributed by atoms with Crippen LogP contribution in [0.5, 0.6) is 0 Å². The molecule has 2 fully saturated rings. The maximum Gasteiger partial charge on any atom is 0.419 e. The van der Waals surface area contributed by atoms with Crippen LogP contribution in [0.2, 0.25) is 0 Å². The summed E-state index contributed by atoms with van der Waals surface area (Å²) in [5, 5.41) is 6.16. The molecule has 0 N–H and O–H groups in total. The van der Waals surface area contributed by atoms with Crippen LogP contribution in [0, 0.1) is 5.92 Å². The summed E-state index contributed by atoms with van der Waals surface area (Å²) < 4.78 is 13.2. The number of aliphatic imine (C=N–C) groups is 1. The minimum atomic E-state index is -0.737. The summed E-state index contributed by atoms with van der Waals surface area (Å²) in [6, 6.07) is 24.5. The Labute approximate surface area is 270 Å². The largest absolute Gasteiger partial charge is 0.443 e. The lowest BCUT2D eigenvalue weighted by Crippen LogP contribution is -2.47. The molecule has 4 aromatic rings. The molecule has 2 aliphatic carbocycles. The van der Waals surface area contributed by atoms with Gasteiger partial charge in [0.05, 0.1) is 17.4 Å². The van der Waals surface area contributed by atoms with Crippen molar-refractivity contribution < 1.29 is 19.1 Å². The SMILES string of the molecule is CC(C)(C)OC(=O)N(CC1CC(n2nc(C3CC3)c3ccc(N=C(c4ccccc4)c4ccccc4)nc32)C1)C(=O)OC(C)(C)C. The first-order chi connectivity index (χ1) is 21.8. The van der Waals surface area contributed by atoms with Crippen molar-refractivity contribution in [3.05, 3.63) is 89.6 Å². The molecule has 2 heterocycles. The lowest BCUT2D eigenvalue weighted by atomic mass is 9.80. The lowest BCUT2D eigenvalue weighted by Gasteiger charge is -2.38. The highest BCUT2D eigenvalue weighted by atomic mass is 16.6. The van der Waals surface area contributed by atoms with Gasteiger partial charge in [-0.25, -0.2) is 29.1 Å². The van der Waals surface area contributed by atoms with Gasteiger partial charge < -0.3 is 9.47 Å². The molecule has 46 heavy (non-hydrogen) atoms. The van der Waals surface area contributed by atoms with E-state index in [2.05, 4.69) is 35.0 Å². The van der Waals surface area contributed by atoms with Gasteiger partial charge in [-0.05, 0) is 85.3 Å². The molecule has 240 valence electrons. The van der Waals surface area contributed by atoms with E-state index in [4.69, 9.17) is 24.5 Å². The fourth-order valence-electron chi connectivity index (χ4n) is 5.77. The predicted molar refractivity (Wildman–Crippen MR) is 179 cm³/mol. The molecule has 0 unspecified atom stereocenters. The van der Waals surface area contributed by atoms with Crippen LogP contribution in [0.15, 0.2) is 77.8 Å². The fourth-order valence-corrected chi connectivity index (χ4v) is 5.77. The molecule has 2 amide bonds. The molecule has 9 heteroatoms. The number of amides is 2. The van der Waals surface area contributed by atoms with E-state index < -0.39 is 23.4 Å². The third-order valence-corrected chi connectivity index (χ3v) is 8.08. The van der Waals surface area contributed by atoms with Crippen LogP contribution >= 0.6 is 0 Å². The second-order valence-electron chi connectivity index (χ2n) is 14.4. The van der Waals surface area contributed by atoms with E-state index in [-0.39, 0.29) is 18.5 Å². The molecule has 0 radical (unpaired) electrons. The van der Waals surface area contributed by atoms with Crippen molar-refractivity contribution in [2.75, 3.05) is 6.54 Å². The Kier molecular flexibility index (Phi) is 8.44. The van der Waals surface area contributed by atoms with E-state index in [9.17, 15) is 9.59 Å². The first-order valence-corrected chi connectivity index (χ1v) is 16.2. The number of ether oxygens (including phenoxy) is 2. The molecule has 2 aromatic heterocycles. The maximum atomic E-state index is 13.1. The van der Waals surface area contributed by atoms with Crippen LogP contribution in [0.25, 0.3) is 11.0 Å².